The molecular formula is C23H35N5O6S. The number of aryl methyl sites for hydroxylation is 1. The third-order valence-corrected chi connectivity index (χ3v) is 8.05. The molecule has 1 aromatic carbocycles. The molecule has 3 atom stereocenters. The van der Waals surface area contributed by atoms with Crippen LogP contribution in [0.1, 0.15) is 32.4 Å². The average Bonchev–Trinajstić information content (AvgIpc) is 3.31. The van der Waals surface area contributed by atoms with Crippen molar-refractivity contribution in [1.82, 2.24) is 24.2 Å². The summed E-state index contributed by atoms with van der Waals surface area (Å²) in [5.41, 5.74) is 0.631. The van der Waals surface area contributed by atoms with Crippen molar-refractivity contribution in [2.75, 3.05) is 33.9 Å². The zero-order chi connectivity index (χ0) is 25.6. The average molecular weight is 510 g/mol. The number of aliphatic hydroxyl groups is 1. The van der Waals surface area contributed by atoms with Gasteiger partial charge >= 0.3 is 0 Å². The summed E-state index contributed by atoms with van der Waals surface area (Å²) in [7, 11) is -0.836. The van der Waals surface area contributed by atoms with Crippen LogP contribution in [0.2, 0.25) is 0 Å². The topological polar surface area (TPSA) is 127 Å². The van der Waals surface area contributed by atoms with E-state index in [9.17, 15) is 18.3 Å². The molecule has 3 rings (SSSR count). The van der Waals surface area contributed by atoms with Gasteiger partial charge in [-0.25, -0.2) is 8.42 Å². The minimum atomic E-state index is -3.82. The maximum Gasteiger partial charge on any atom is 0.243 e. The van der Waals surface area contributed by atoms with E-state index in [1.807, 2.05) is 6.92 Å². The van der Waals surface area contributed by atoms with Gasteiger partial charge in [-0.05, 0) is 25.5 Å². The van der Waals surface area contributed by atoms with Crippen LogP contribution in [0.3, 0.4) is 0 Å². The molecule has 1 aromatic heterocycles. The zero-order valence-corrected chi connectivity index (χ0v) is 21.5. The van der Waals surface area contributed by atoms with Gasteiger partial charge in [0.25, 0.3) is 0 Å². The van der Waals surface area contributed by atoms with Gasteiger partial charge in [0.2, 0.25) is 15.9 Å². The predicted octanol–water partition coefficient (Wildman–Crippen LogP) is 1.13. The quantitative estimate of drug-likeness (QED) is 0.589. The number of nitrogens with zero attached hydrogens (tertiary/aromatic N) is 5. The lowest BCUT2D eigenvalue weighted by molar-refractivity contribution is -0.136. The molecule has 1 amide bonds. The van der Waals surface area contributed by atoms with Crippen LogP contribution in [0.5, 0.6) is 5.75 Å². The number of aliphatic hydroxyl groups excluding tert-OH is 1. The second-order valence-corrected chi connectivity index (χ2v) is 11.0. The van der Waals surface area contributed by atoms with Crippen molar-refractivity contribution in [3.8, 4) is 5.75 Å². The Kier molecular flexibility index (Phi) is 9.22. The standard InChI is InChI=1S/C23H35N5O6S/c1-17-12-28(18(2)15-29)23(30)9-6-10-27-13-19(24-25-27)16-34-22(17)14-26(3)35(31,32)21-8-5-7-20(11-21)33-4/h5,7-8,11,13,17-18,22,29H,6,9-10,12,14-16H2,1-4H3/t17-,18+,22+/m0/s1. The van der Waals surface area contributed by atoms with Gasteiger partial charge in [0.05, 0.1) is 43.6 Å². The molecule has 2 heterocycles. The van der Waals surface area contributed by atoms with Gasteiger partial charge in [-0.2, -0.15) is 4.31 Å². The largest absolute Gasteiger partial charge is 0.497 e. The number of hydrogen-bond acceptors (Lipinski definition) is 8. The van der Waals surface area contributed by atoms with Crippen molar-refractivity contribution in [2.45, 2.75) is 56.9 Å². The molecule has 0 spiro atoms. The fourth-order valence-electron chi connectivity index (χ4n) is 3.99. The second-order valence-electron chi connectivity index (χ2n) is 8.95. The first kappa shape index (κ1) is 27.1. The van der Waals surface area contributed by atoms with E-state index in [1.165, 1.54) is 30.6 Å². The van der Waals surface area contributed by atoms with Gasteiger partial charge in [0.15, 0.2) is 0 Å². The number of methoxy groups -OCH3 is 1. The Hall–Kier alpha value is -2.54. The van der Waals surface area contributed by atoms with E-state index >= 15 is 0 Å². The number of carbonyl (C=O) groups is 1. The van der Waals surface area contributed by atoms with E-state index in [2.05, 4.69) is 10.3 Å². The highest BCUT2D eigenvalue weighted by Gasteiger charge is 2.31. The maximum absolute atomic E-state index is 13.3. The molecule has 2 aromatic rings. The predicted molar refractivity (Wildman–Crippen MR) is 128 cm³/mol. The number of ether oxygens (including phenoxy) is 2. The summed E-state index contributed by atoms with van der Waals surface area (Å²) in [5.74, 6) is 0.141. The smallest absolute Gasteiger partial charge is 0.243 e. The lowest BCUT2D eigenvalue weighted by Crippen LogP contribution is -2.47. The van der Waals surface area contributed by atoms with Crippen molar-refractivity contribution in [2.24, 2.45) is 5.92 Å². The Morgan fingerprint density at radius 3 is 2.86 bits per heavy atom. The third kappa shape index (κ3) is 6.78. The van der Waals surface area contributed by atoms with Crippen LogP contribution in [0, 0.1) is 5.92 Å². The molecule has 12 heteroatoms. The number of carbonyl (C=O) groups excluding carboxylic acids is 1. The van der Waals surface area contributed by atoms with Crippen LogP contribution in [0.4, 0.5) is 0 Å². The molecule has 35 heavy (non-hydrogen) atoms. The number of rotatable bonds is 7. The van der Waals surface area contributed by atoms with E-state index in [0.717, 1.165) is 0 Å². The number of fused-ring (bicyclic) bond motifs is 2. The molecule has 0 aliphatic carbocycles. The molecule has 1 aliphatic rings. The fraction of sp³-hybridized carbons (Fsp3) is 0.609. The molecule has 2 bridgehead atoms. The summed E-state index contributed by atoms with van der Waals surface area (Å²) in [6, 6.07) is 5.93. The Morgan fingerprint density at radius 1 is 1.37 bits per heavy atom. The number of amides is 1. The summed E-state index contributed by atoms with van der Waals surface area (Å²) in [5, 5.41) is 17.9. The number of aromatic nitrogens is 3. The molecule has 1 aliphatic heterocycles. The maximum atomic E-state index is 13.3. The summed E-state index contributed by atoms with van der Waals surface area (Å²) in [6.07, 6.45) is 2.13. The van der Waals surface area contributed by atoms with Gasteiger partial charge in [-0.3, -0.25) is 9.48 Å². The molecule has 11 nitrogen and oxygen atoms in total. The van der Waals surface area contributed by atoms with Crippen molar-refractivity contribution >= 4 is 15.9 Å². The number of benzene rings is 1. The molecule has 1 N–H and O–H groups in total. The minimum Gasteiger partial charge on any atom is -0.497 e. The van der Waals surface area contributed by atoms with Gasteiger partial charge < -0.3 is 19.5 Å². The summed E-state index contributed by atoms with van der Waals surface area (Å²) < 4.78 is 40.8. The van der Waals surface area contributed by atoms with Gasteiger partial charge in [0, 0.05) is 45.1 Å². The first-order valence-electron chi connectivity index (χ1n) is 11.7. The number of sulfonamides is 1. The minimum absolute atomic E-state index is 0.0599. The van der Waals surface area contributed by atoms with E-state index in [1.54, 1.807) is 34.8 Å². The lowest BCUT2D eigenvalue weighted by Gasteiger charge is -2.35. The second kappa shape index (κ2) is 11.9. The Bertz CT molecular complexity index is 1090. The van der Waals surface area contributed by atoms with Gasteiger partial charge in [0.1, 0.15) is 11.4 Å². The Labute approximate surface area is 206 Å². The zero-order valence-electron chi connectivity index (χ0n) is 20.7. The van der Waals surface area contributed by atoms with E-state index < -0.39 is 16.1 Å². The normalized spacial score (nSPS) is 21.2. The van der Waals surface area contributed by atoms with Crippen molar-refractivity contribution in [3.05, 3.63) is 36.2 Å². The molecule has 0 unspecified atom stereocenters. The van der Waals surface area contributed by atoms with Crippen molar-refractivity contribution in [3.63, 3.8) is 0 Å². The molecule has 0 saturated carbocycles. The lowest BCUT2D eigenvalue weighted by atomic mass is 10.0. The molecular weight excluding hydrogens is 474 g/mol. The first-order chi connectivity index (χ1) is 16.6. The summed E-state index contributed by atoms with van der Waals surface area (Å²) in [6.45, 7) is 4.62. The fourth-order valence-corrected chi connectivity index (χ4v) is 5.20. The Morgan fingerprint density at radius 2 is 2.14 bits per heavy atom. The monoisotopic (exact) mass is 509 g/mol. The van der Waals surface area contributed by atoms with E-state index in [-0.39, 0.29) is 42.5 Å². The van der Waals surface area contributed by atoms with Gasteiger partial charge in [-0.15, -0.1) is 5.10 Å². The Balaban J connectivity index is 1.86. The van der Waals surface area contributed by atoms with Crippen LogP contribution in [0.25, 0.3) is 0 Å². The number of likely N-dealkylation sites (N-methyl/N-ethyl adjacent to an activating group) is 1. The molecule has 0 radical (unpaired) electrons. The van der Waals surface area contributed by atoms with Crippen molar-refractivity contribution in [1.29, 1.82) is 0 Å². The highest BCUT2D eigenvalue weighted by Crippen LogP contribution is 2.23. The van der Waals surface area contributed by atoms with Gasteiger partial charge in [-0.1, -0.05) is 18.2 Å². The molecule has 194 valence electrons. The highest BCUT2D eigenvalue weighted by molar-refractivity contribution is 7.89. The SMILES string of the molecule is COc1cccc(S(=O)(=O)N(C)C[C@H]2OCc3cn(nn3)CCCC(=O)N([C@H](C)CO)C[C@@H]2C)c1. The highest BCUT2D eigenvalue weighted by atomic mass is 32.2. The summed E-state index contributed by atoms with van der Waals surface area (Å²) in [4.78, 5) is 14.7. The molecule has 0 saturated heterocycles. The van der Waals surface area contributed by atoms with E-state index in [0.29, 0.717) is 37.4 Å². The van der Waals surface area contributed by atoms with E-state index in [4.69, 9.17) is 9.47 Å². The van der Waals surface area contributed by atoms with Crippen LogP contribution in [-0.4, -0.2) is 89.6 Å². The number of hydrogen-bond donors (Lipinski definition) is 1. The summed E-state index contributed by atoms with van der Waals surface area (Å²) >= 11 is 0. The van der Waals surface area contributed by atoms with Crippen LogP contribution >= 0.6 is 0 Å². The van der Waals surface area contributed by atoms with Crippen LogP contribution in [-0.2, 0) is 32.7 Å². The molecule has 0 fully saturated rings. The van der Waals surface area contributed by atoms with Crippen molar-refractivity contribution < 1.29 is 27.8 Å². The first-order valence-corrected chi connectivity index (χ1v) is 13.1. The third-order valence-electron chi connectivity index (χ3n) is 6.23. The van der Waals surface area contributed by atoms with Crippen LogP contribution < -0.4 is 4.74 Å². The van der Waals surface area contributed by atoms with Crippen LogP contribution in [0.15, 0.2) is 35.4 Å².